The molecule has 1 aromatic heterocycles. The fourth-order valence-electron chi connectivity index (χ4n) is 3.79. The highest BCUT2D eigenvalue weighted by atomic mass is 16.5. The summed E-state index contributed by atoms with van der Waals surface area (Å²) >= 11 is 0. The van der Waals surface area contributed by atoms with Gasteiger partial charge >= 0.3 is 0 Å². The minimum absolute atomic E-state index is 0.0954. The third-order valence-corrected chi connectivity index (χ3v) is 5.84. The van der Waals surface area contributed by atoms with Gasteiger partial charge in [0.05, 0.1) is 26.4 Å². The number of aliphatic hydroxyl groups excluding tert-OH is 1. The number of benzene rings is 2. The number of aliphatic hydroxyl groups is 1. The number of carbonyl (C=O) groups is 1. The Balaban J connectivity index is 1.86. The molecule has 9 heteroatoms. The molecule has 3 aromatic rings. The van der Waals surface area contributed by atoms with Crippen molar-refractivity contribution in [3.8, 4) is 22.9 Å². The maximum atomic E-state index is 13.0. The molecule has 3 N–H and O–H groups in total. The number of aromatic amines is 1. The summed E-state index contributed by atoms with van der Waals surface area (Å²) in [7, 11) is 3.05. The van der Waals surface area contributed by atoms with E-state index >= 15 is 0 Å². The van der Waals surface area contributed by atoms with Crippen LogP contribution in [0.4, 0.5) is 0 Å². The monoisotopic (exact) mass is 480 g/mol. The molecule has 9 nitrogen and oxygen atoms in total. The average molecular weight is 481 g/mol. The Kier molecular flexibility index (Phi) is 8.99. The summed E-state index contributed by atoms with van der Waals surface area (Å²) in [5, 5.41) is 12.5. The molecule has 0 fully saturated rings. The van der Waals surface area contributed by atoms with Gasteiger partial charge < -0.3 is 24.9 Å². The lowest BCUT2D eigenvalue weighted by atomic mass is 10.1. The van der Waals surface area contributed by atoms with Crippen LogP contribution in [0.25, 0.3) is 11.4 Å². The predicted octanol–water partition coefficient (Wildman–Crippen LogP) is 2.72. The molecule has 0 atom stereocenters. The zero-order valence-corrected chi connectivity index (χ0v) is 20.6. The van der Waals surface area contributed by atoms with Crippen LogP contribution >= 0.6 is 0 Å². The van der Waals surface area contributed by atoms with E-state index in [1.54, 1.807) is 18.2 Å². The molecule has 0 spiro atoms. The highest BCUT2D eigenvalue weighted by Crippen LogP contribution is 2.30. The summed E-state index contributed by atoms with van der Waals surface area (Å²) in [6, 6.07) is 13.0. The maximum Gasteiger partial charge on any atom is 0.270 e. The molecule has 0 aliphatic carbocycles. The van der Waals surface area contributed by atoms with Crippen LogP contribution < -0.4 is 20.3 Å². The number of ether oxygens (including phenoxy) is 2. The van der Waals surface area contributed by atoms with Crippen molar-refractivity contribution in [1.82, 2.24) is 20.2 Å². The Hall–Kier alpha value is -3.69. The topological polar surface area (TPSA) is 117 Å². The normalized spacial score (nSPS) is 10.9. The Labute approximate surface area is 204 Å². The van der Waals surface area contributed by atoms with Crippen molar-refractivity contribution in [1.29, 1.82) is 0 Å². The zero-order valence-electron chi connectivity index (χ0n) is 20.6. The van der Waals surface area contributed by atoms with Crippen molar-refractivity contribution in [2.24, 2.45) is 0 Å². The van der Waals surface area contributed by atoms with Crippen LogP contribution in [-0.2, 0) is 19.7 Å². The van der Waals surface area contributed by atoms with Gasteiger partial charge in [-0.05, 0) is 24.7 Å². The largest absolute Gasteiger partial charge is 0.493 e. The van der Waals surface area contributed by atoms with Crippen LogP contribution in [-0.4, -0.2) is 53.2 Å². The van der Waals surface area contributed by atoms with Crippen LogP contribution in [0.5, 0.6) is 11.5 Å². The molecule has 35 heavy (non-hydrogen) atoms. The molecule has 0 aliphatic heterocycles. The molecular formula is C26H32N4O5. The van der Waals surface area contributed by atoms with E-state index in [0.29, 0.717) is 22.6 Å². The van der Waals surface area contributed by atoms with Crippen molar-refractivity contribution >= 4 is 5.91 Å². The SMILES string of the molecule is CCN(CC)Cc1ccc(-c2nc(C(=O)NCc3cccc(OC)c3OC)c(CO)c(=O)[nH]2)cc1. The van der Waals surface area contributed by atoms with Gasteiger partial charge in [0.1, 0.15) is 11.5 Å². The highest BCUT2D eigenvalue weighted by Gasteiger charge is 2.19. The first-order chi connectivity index (χ1) is 16.9. The van der Waals surface area contributed by atoms with Gasteiger partial charge in [-0.1, -0.05) is 50.2 Å². The molecule has 0 saturated carbocycles. The number of para-hydroxylation sites is 1. The minimum Gasteiger partial charge on any atom is -0.493 e. The van der Waals surface area contributed by atoms with Crippen molar-refractivity contribution in [2.75, 3.05) is 27.3 Å². The first-order valence-corrected chi connectivity index (χ1v) is 11.5. The summed E-state index contributed by atoms with van der Waals surface area (Å²) < 4.78 is 10.7. The van der Waals surface area contributed by atoms with E-state index in [1.807, 2.05) is 24.3 Å². The number of rotatable bonds is 11. The van der Waals surface area contributed by atoms with E-state index in [0.717, 1.165) is 25.2 Å². The molecule has 0 aliphatic rings. The lowest BCUT2D eigenvalue weighted by Gasteiger charge is -2.18. The minimum atomic E-state index is -0.614. The summed E-state index contributed by atoms with van der Waals surface area (Å²) in [5.74, 6) is 0.716. The molecule has 2 aromatic carbocycles. The molecular weight excluding hydrogens is 448 g/mol. The Morgan fingerprint density at radius 1 is 1.09 bits per heavy atom. The van der Waals surface area contributed by atoms with E-state index in [-0.39, 0.29) is 23.6 Å². The number of aromatic nitrogens is 2. The van der Waals surface area contributed by atoms with Crippen molar-refractivity contribution < 1.29 is 19.4 Å². The third-order valence-electron chi connectivity index (χ3n) is 5.84. The number of amides is 1. The second kappa shape index (κ2) is 12.1. The molecule has 0 bridgehead atoms. The van der Waals surface area contributed by atoms with Gasteiger partial charge in [-0.2, -0.15) is 0 Å². The van der Waals surface area contributed by atoms with Crippen molar-refractivity contribution in [3.05, 3.63) is 75.2 Å². The van der Waals surface area contributed by atoms with Crippen molar-refractivity contribution in [2.45, 2.75) is 33.5 Å². The van der Waals surface area contributed by atoms with E-state index in [9.17, 15) is 14.7 Å². The fraction of sp³-hybridized carbons (Fsp3) is 0.346. The Morgan fingerprint density at radius 3 is 2.40 bits per heavy atom. The predicted molar refractivity (Wildman–Crippen MR) is 134 cm³/mol. The Morgan fingerprint density at radius 2 is 1.80 bits per heavy atom. The molecule has 0 radical (unpaired) electrons. The molecule has 0 saturated heterocycles. The maximum absolute atomic E-state index is 13.0. The lowest BCUT2D eigenvalue weighted by molar-refractivity contribution is 0.0941. The van der Waals surface area contributed by atoms with Gasteiger partial charge in [-0.25, -0.2) is 4.98 Å². The number of nitrogens with one attached hydrogen (secondary N) is 2. The second-order valence-electron chi connectivity index (χ2n) is 7.89. The van der Waals surface area contributed by atoms with Gasteiger partial charge in [0.15, 0.2) is 11.5 Å². The van der Waals surface area contributed by atoms with Gasteiger partial charge in [0.25, 0.3) is 11.5 Å². The summed E-state index contributed by atoms with van der Waals surface area (Å²) in [6.07, 6.45) is 0. The molecule has 186 valence electrons. The van der Waals surface area contributed by atoms with E-state index in [2.05, 4.69) is 34.0 Å². The highest BCUT2D eigenvalue weighted by molar-refractivity contribution is 5.94. The third kappa shape index (κ3) is 6.06. The average Bonchev–Trinajstić information content (AvgIpc) is 2.89. The quantitative estimate of drug-likeness (QED) is 0.386. The molecule has 1 heterocycles. The summed E-state index contributed by atoms with van der Waals surface area (Å²) in [6.45, 7) is 6.47. The fourth-order valence-corrected chi connectivity index (χ4v) is 3.79. The molecule has 0 unspecified atom stereocenters. The van der Waals surface area contributed by atoms with Crippen LogP contribution in [0.3, 0.4) is 0 Å². The first kappa shape index (κ1) is 25.9. The first-order valence-electron chi connectivity index (χ1n) is 11.5. The van der Waals surface area contributed by atoms with Gasteiger partial charge in [-0.15, -0.1) is 0 Å². The summed E-state index contributed by atoms with van der Waals surface area (Å²) in [5.41, 5.74) is 1.71. The number of hydrogen-bond acceptors (Lipinski definition) is 7. The van der Waals surface area contributed by atoms with Gasteiger partial charge in [-0.3, -0.25) is 14.5 Å². The summed E-state index contributed by atoms with van der Waals surface area (Å²) in [4.78, 5) is 35.0. The van der Waals surface area contributed by atoms with E-state index < -0.39 is 18.1 Å². The number of hydrogen-bond donors (Lipinski definition) is 3. The lowest BCUT2D eigenvalue weighted by Crippen LogP contribution is -2.29. The standard InChI is InChI=1S/C26H32N4O5/c1-5-30(6-2)15-17-10-12-18(13-11-17)24-28-22(20(16-31)25(32)29-24)26(33)27-14-19-8-7-9-21(34-3)23(19)35-4/h7-13,31H,5-6,14-16H2,1-4H3,(H,27,33)(H,28,29,32). The number of nitrogens with zero attached hydrogens (tertiary/aromatic N) is 2. The number of H-pyrrole nitrogens is 1. The van der Waals surface area contributed by atoms with Gasteiger partial charge in [0.2, 0.25) is 0 Å². The second-order valence-corrected chi connectivity index (χ2v) is 7.89. The Bertz CT molecular complexity index is 1200. The number of carbonyl (C=O) groups excluding carboxylic acids is 1. The zero-order chi connectivity index (χ0) is 25.4. The van der Waals surface area contributed by atoms with Crippen LogP contribution in [0.15, 0.2) is 47.3 Å². The molecule has 3 rings (SSSR count). The van der Waals surface area contributed by atoms with Gasteiger partial charge in [0, 0.05) is 24.2 Å². The van der Waals surface area contributed by atoms with Crippen LogP contribution in [0.2, 0.25) is 0 Å². The molecule has 1 amide bonds. The van der Waals surface area contributed by atoms with E-state index in [1.165, 1.54) is 14.2 Å². The van der Waals surface area contributed by atoms with E-state index in [4.69, 9.17) is 9.47 Å². The number of methoxy groups -OCH3 is 2. The van der Waals surface area contributed by atoms with Crippen LogP contribution in [0.1, 0.15) is 41.0 Å². The van der Waals surface area contributed by atoms with Crippen molar-refractivity contribution in [3.63, 3.8) is 0 Å². The van der Waals surface area contributed by atoms with Crippen LogP contribution in [0, 0.1) is 0 Å². The smallest absolute Gasteiger partial charge is 0.270 e.